The summed E-state index contributed by atoms with van der Waals surface area (Å²) in [5, 5.41) is 0. The lowest BCUT2D eigenvalue weighted by Gasteiger charge is -2.18. The Morgan fingerprint density at radius 2 is 0.600 bits per heavy atom. The molecule has 0 bridgehead atoms. The minimum Gasteiger partial charge on any atom is -0.462 e. The molecule has 0 N–H and O–H groups in total. The van der Waals surface area contributed by atoms with E-state index in [0.717, 1.165) is 63.7 Å². The Hall–Kier alpha value is -1.59. The summed E-state index contributed by atoms with van der Waals surface area (Å²) < 4.78 is 16.7. The van der Waals surface area contributed by atoms with Gasteiger partial charge in [-0.2, -0.15) is 0 Å². The molecule has 1 atom stereocenters. The van der Waals surface area contributed by atoms with E-state index in [0.29, 0.717) is 19.3 Å². The van der Waals surface area contributed by atoms with E-state index in [9.17, 15) is 14.4 Å². The predicted molar refractivity (Wildman–Crippen MR) is 233 cm³/mol. The fourth-order valence-electron chi connectivity index (χ4n) is 7.33. The van der Waals surface area contributed by atoms with Crippen molar-refractivity contribution < 1.29 is 28.6 Å². The van der Waals surface area contributed by atoms with E-state index >= 15 is 0 Å². The van der Waals surface area contributed by atoms with Gasteiger partial charge in [-0.05, 0) is 25.2 Å². The topological polar surface area (TPSA) is 78.9 Å². The highest BCUT2D eigenvalue weighted by Crippen LogP contribution is 2.17. The number of carbonyl (C=O) groups excluding carboxylic acids is 3. The number of unbranched alkanes of at least 4 members (excludes halogenated alkanes) is 31. The van der Waals surface area contributed by atoms with Gasteiger partial charge in [0.1, 0.15) is 13.2 Å². The fraction of sp³-hybridized carbons (Fsp3) is 0.939. The summed E-state index contributed by atoms with van der Waals surface area (Å²) in [5.41, 5.74) is 0. The number of carbonyl (C=O) groups is 3. The van der Waals surface area contributed by atoms with E-state index in [4.69, 9.17) is 14.2 Å². The van der Waals surface area contributed by atoms with Gasteiger partial charge >= 0.3 is 17.9 Å². The lowest BCUT2D eigenvalue weighted by atomic mass is 10.0. The van der Waals surface area contributed by atoms with Crippen LogP contribution in [-0.4, -0.2) is 37.2 Å². The predicted octanol–water partition coefficient (Wildman–Crippen LogP) is 15.5. The molecule has 0 aromatic rings. The second-order valence-electron chi connectivity index (χ2n) is 17.2. The number of rotatable bonds is 44. The lowest BCUT2D eigenvalue weighted by Crippen LogP contribution is -2.30. The van der Waals surface area contributed by atoms with Gasteiger partial charge in [0.15, 0.2) is 6.10 Å². The van der Waals surface area contributed by atoms with E-state index in [1.165, 1.54) is 167 Å². The first-order valence-electron chi connectivity index (χ1n) is 24.4. The summed E-state index contributed by atoms with van der Waals surface area (Å²) in [6.45, 7) is 9.00. The van der Waals surface area contributed by atoms with E-state index in [1.807, 2.05) is 0 Å². The molecule has 6 nitrogen and oxygen atoms in total. The summed E-state index contributed by atoms with van der Waals surface area (Å²) in [6.07, 6.45) is 43.7. The highest BCUT2D eigenvalue weighted by molar-refractivity contribution is 5.71. The summed E-state index contributed by atoms with van der Waals surface area (Å²) in [6, 6.07) is 0. The van der Waals surface area contributed by atoms with Gasteiger partial charge in [-0.1, -0.05) is 233 Å². The molecule has 0 aromatic carbocycles. The van der Waals surface area contributed by atoms with E-state index in [2.05, 4.69) is 27.7 Å². The van der Waals surface area contributed by atoms with Crippen LogP contribution in [0.25, 0.3) is 0 Å². The van der Waals surface area contributed by atoms with Gasteiger partial charge in [0.2, 0.25) is 0 Å². The molecule has 0 amide bonds. The molecule has 0 saturated heterocycles. The first-order chi connectivity index (χ1) is 26.9. The van der Waals surface area contributed by atoms with E-state index in [-0.39, 0.29) is 31.1 Å². The van der Waals surface area contributed by atoms with Crippen LogP contribution >= 0.6 is 0 Å². The Kier molecular flexibility index (Phi) is 42.3. The summed E-state index contributed by atoms with van der Waals surface area (Å²) >= 11 is 0. The van der Waals surface area contributed by atoms with Gasteiger partial charge in [-0.25, -0.2) is 0 Å². The SMILES string of the molecule is CCCCCCCCCCCCCC(=O)OC[C@H](COC(=O)CCCCCCCCCCCCCCCC(C)C)OC(=O)CCCCCCCCCCCC. The molecule has 0 unspecified atom stereocenters. The molecule has 0 aromatic heterocycles. The zero-order chi connectivity index (χ0) is 40.3. The third-order valence-electron chi connectivity index (χ3n) is 11.0. The van der Waals surface area contributed by atoms with Crippen molar-refractivity contribution in [1.29, 1.82) is 0 Å². The van der Waals surface area contributed by atoms with Crippen LogP contribution in [-0.2, 0) is 28.6 Å². The molecular weight excluding hydrogens is 685 g/mol. The van der Waals surface area contributed by atoms with Crippen molar-refractivity contribution in [3.63, 3.8) is 0 Å². The van der Waals surface area contributed by atoms with Crippen molar-refractivity contribution in [2.45, 2.75) is 278 Å². The third kappa shape index (κ3) is 43.4. The van der Waals surface area contributed by atoms with E-state index in [1.54, 1.807) is 0 Å². The minimum absolute atomic E-state index is 0.0632. The van der Waals surface area contributed by atoms with Gasteiger partial charge in [0, 0.05) is 19.3 Å². The van der Waals surface area contributed by atoms with Gasteiger partial charge in [-0.15, -0.1) is 0 Å². The van der Waals surface area contributed by atoms with Crippen molar-refractivity contribution in [1.82, 2.24) is 0 Å². The summed E-state index contributed by atoms with van der Waals surface area (Å²) in [5.74, 6) is -0.0109. The Bertz CT molecular complexity index is 826. The van der Waals surface area contributed by atoms with Crippen LogP contribution in [0.2, 0.25) is 0 Å². The van der Waals surface area contributed by atoms with Gasteiger partial charge < -0.3 is 14.2 Å². The number of ether oxygens (including phenoxy) is 3. The molecule has 55 heavy (non-hydrogen) atoms. The van der Waals surface area contributed by atoms with Crippen molar-refractivity contribution in [3.05, 3.63) is 0 Å². The summed E-state index contributed by atoms with van der Waals surface area (Å²) in [7, 11) is 0. The first kappa shape index (κ1) is 53.4. The van der Waals surface area contributed by atoms with Crippen molar-refractivity contribution in [2.24, 2.45) is 5.92 Å². The van der Waals surface area contributed by atoms with Crippen LogP contribution < -0.4 is 0 Å². The Morgan fingerprint density at radius 3 is 0.891 bits per heavy atom. The molecule has 6 heteroatoms. The van der Waals surface area contributed by atoms with Crippen molar-refractivity contribution in [2.75, 3.05) is 13.2 Å². The molecule has 326 valence electrons. The highest BCUT2D eigenvalue weighted by atomic mass is 16.6. The molecule has 0 aliphatic carbocycles. The average Bonchev–Trinajstić information content (AvgIpc) is 3.17. The quantitative estimate of drug-likeness (QED) is 0.0348. The Labute approximate surface area is 342 Å². The molecule has 0 spiro atoms. The third-order valence-corrected chi connectivity index (χ3v) is 11.0. The van der Waals surface area contributed by atoms with Crippen LogP contribution in [0.1, 0.15) is 272 Å². The molecule has 0 aliphatic heterocycles. The lowest BCUT2D eigenvalue weighted by molar-refractivity contribution is -0.167. The van der Waals surface area contributed by atoms with Crippen LogP contribution in [0, 0.1) is 5.92 Å². The maximum Gasteiger partial charge on any atom is 0.306 e. The van der Waals surface area contributed by atoms with Crippen LogP contribution in [0.4, 0.5) is 0 Å². The molecule has 0 rings (SSSR count). The number of hydrogen-bond donors (Lipinski definition) is 0. The molecule has 0 aliphatic rings. The Morgan fingerprint density at radius 1 is 0.345 bits per heavy atom. The van der Waals surface area contributed by atoms with Crippen molar-refractivity contribution in [3.8, 4) is 0 Å². The monoisotopic (exact) mass is 779 g/mol. The normalized spacial score (nSPS) is 11.9. The number of esters is 3. The standard InChI is InChI=1S/C49H94O6/c1-5-7-9-11-13-15-20-25-28-32-36-40-47(50)53-43-46(55-49(52)42-38-34-30-24-16-14-12-10-8-6-2)44-54-48(51)41-37-33-29-26-22-19-17-18-21-23-27-31-35-39-45(3)4/h45-46H,5-44H2,1-4H3/t46-/m1/s1. The largest absolute Gasteiger partial charge is 0.462 e. The van der Waals surface area contributed by atoms with Crippen LogP contribution in [0.5, 0.6) is 0 Å². The van der Waals surface area contributed by atoms with Gasteiger partial charge in [0.25, 0.3) is 0 Å². The zero-order valence-electron chi connectivity index (χ0n) is 37.4. The molecule has 0 radical (unpaired) electrons. The average molecular weight is 779 g/mol. The Balaban J connectivity index is 4.27. The van der Waals surface area contributed by atoms with Gasteiger partial charge in [-0.3, -0.25) is 14.4 Å². The smallest absolute Gasteiger partial charge is 0.306 e. The maximum atomic E-state index is 12.7. The summed E-state index contributed by atoms with van der Waals surface area (Å²) in [4.78, 5) is 37.8. The minimum atomic E-state index is -0.759. The van der Waals surface area contributed by atoms with Crippen molar-refractivity contribution >= 4 is 17.9 Å². The molecule has 0 heterocycles. The fourth-order valence-corrected chi connectivity index (χ4v) is 7.33. The molecular formula is C49H94O6. The number of hydrogen-bond acceptors (Lipinski definition) is 6. The molecule has 0 fully saturated rings. The van der Waals surface area contributed by atoms with Crippen LogP contribution in [0.15, 0.2) is 0 Å². The van der Waals surface area contributed by atoms with Crippen LogP contribution in [0.3, 0.4) is 0 Å². The molecule has 0 saturated carbocycles. The maximum absolute atomic E-state index is 12.7. The second kappa shape index (κ2) is 43.5. The van der Waals surface area contributed by atoms with E-state index < -0.39 is 6.10 Å². The highest BCUT2D eigenvalue weighted by Gasteiger charge is 2.19. The zero-order valence-corrected chi connectivity index (χ0v) is 37.4. The van der Waals surface area contributed by atoms with Gasteiger partial charge in [0.05, 0.1) is 0 Å². The second-order valence-corrected chi connectivity index (χ2v) is 17.2. The first-order valence-corrected chi connectivity index (χ1v) is 24.4.